The molecule has 2 aromatic rings. The highest BCUT2D eigenvalue weighted by Crippen LogP contribution is 2.30. The molecule has 0 amide bonds. The summed E-state index contributed by atoms with van der Waals surface area (Å²) in [7, 11) is 0. The van der Waals surface area contributed by atoms with Crippen molar-refractivity contribution >= 4 is 11.4 Å². The lowest BCUT2D eigenvalue weighted by Gasteiger charge is -2.19. The summed E-state index contributed by atoms with van der Waals surface area (Å²) in [6.45, 7) is 6.91. The number of para-hydroxylation sites is 1. The zero-order chi connectivity index (χ0) is 14.5. The van der Waals surface area contributed by atoms with Crippen molar-refractivity contribution < 1.29 is 4.74 Å². The topological polar surface area (TPSA) is 65.1 Å². The van der Waals surface area contributed by atoms with Crippen molar-refractivity contribution in [1.82, 2.24) is 9.55 Å². The van der Waals surface area contributed by atoms with Crippen molar-refractivity contribution in [3.05, 3.63) is 36.9 Å². The highest BCUT2D eigenvalue weighted by Gasteiger charge is 2.10. The van der Waals surface area contributed by atoms with Crippen LogP contribution in [-0.4, -0.2) is 21.7 Å². The van der Waals surface area contributed by atoms with E-state index in [1.165, 1.54) is 0 Å². The van der Waals surface area contributed by atoms with Crippen LogP contribution in [-0.2, 0) is 6.54 Å². The van der Waals surface area contributed by atoms with Crippen molar-refractivity contribution in [2.45, 2.75) is 39.5 Å². The van der Waals surface area contributed by atoms with Gasteiger partial charge in [0, 0.05) is 25.0 Å². The number of nitrogens with zero attached hydrogens (tertiary/aromatic N) is 2. The molecule has 20 heavy (non-hydrogen) atoms. The van der Waals surface area contributed by atoms with Crippen LogP contribution in [0.1, 0.15) is 20.8 Å². The second kappa shape index (κ2) is 6.32. The molecule has 108 valence electrons. The molecule has 0 saturated carbocycles. The van der Waals surface area contributed by atoms with Gasteiger partial charge in [0.15, 0.2) is 0 Å². The first-order valence-electron chi connectivity index (χ1n) is 6.83. The third kappa shape index (κ3) is 3.66. The molecule has 0 aliphatic carbocycles. The third-order valence-electron chi connectivity index (χ3n) is 2.87. The van der Waals surface area contributed by atoms with Crippen molar-refractivity contribution in [3.63, 3.8) is 0 Å². The molecule has 0 saturated heterocycles. The second-order valence-corrected chi connectivity index (χ2v) is 5.19. The third-order valence-corrected chi connectivity index (χ3v) is 2.87. The quantitative estimate of drug-likeness (QED) is 0.795. The first kappa shape index (κ1) is 14.2. The van der Waals surface area contributed by atoms with Gasteiger partial charge in [0.25, 0.3) is 0 Å². The van der Waals surface area contributed by atoms with E-state index < -0.39 is 0 Å². The highest BCUT2D eigenvalue weighted by atomic mass is 16.5. The van der Waals surface area contributed by atoms with Crippen LogP contribution >= 0.6 is 0 Å². The Morgan fingerprint density at radius 3 is 2.80 bits per heavy atom. The van der Waals surface area contributed by atoms with E-state index in [-0.39, 0.29) is 12.1 Å². The maximum Gasteiger partial charge on any atom is 0.144 e. The molecule has 0 fully saturated rings. The predicted octanol–water partition coefficient (Wildman–Crippen LogP) is 2.75. The summed E-state index contributed by atoms with van der Waals surface area (Å²) in [6, 6.07) is 6.04. The minimum Gasteiger partial charge on any atom is -0.489 e. The average molecular weight is 274 g/mol. The fourth-order valence-corrected chi connectivity index (χ4v) is 2.05. The molecule has 1 atom stereocenters. The fraction of sp³-hybridized carbons (Fsp3) is 0.400. The normalized spacial score (nSPS) is 12.4. The van der Waals surface area contributed by atoms with Gasteiger partial charge in [-0.05, 0) is 32.9 Å². The average Bonchev–Trinajstić information content (AvgIpc) is 2.86. The zero-order valence-corrected chi connectivity index (χ0v) is 12.2. The van der Waals surface area contributed by atoms with Crippen molar-refractivity contribution in [2.75, 3.05) is 11.1 Å². The number of hydrogen-bond acceptors (Lipinski definition) is 4. The standard InChI is InChI=1S/C15H22N4O/c1-11(2)20-14-6-4-5-13(15(14)16)18-12(3)9-19-8-7-17-10-19/h4-8,10-12,18H,9,16H2,1-3H3. The maximum absolute atomic E-state index is 6.15. The van der Waals surface area contributed by atoms with Crippen LogP contribution in [0.3, 0.4) is 0 Å². The van der Waals surface area contributed by atoms with Crippen LogP contribution in [0.5, 0.6) is 5.75 Å². The summed E-state index contributed by atoms with van der Waals surface area (Å²) in [5.41, 5.74) is 7.70. The van der Waals surface area contributed by atoms with E-state index >= 15 is 0 Å². The van der Waals surface area contributed by atoms with Gasteiger partial charge in [0.1, 0.15) is 5.75 Å². The van der Waals surface area contributed by atoms with E-state index in [0.717, 1.165) is 18.0 Å². The number of hydrogen-bond donors (Lipinski definition) is 2. The van der Waals surface area contributed by atoms with Crippen LogP contribution < -0.4 is 15.8 Å². The summed E-state index contributed by atoms with van der Waals surface area (Å²) >= 11 is 0. The Hall–Kier alpha value is -2.17. The summed E-state index contributed by atoms with van der Waals surface area (Å²) < 4.78 is 7.72. The lowest BCUT2D eigenvalue weighted by Crippen LogP contribution is -2.22. The molecule has 5 heteroatoms. The number of ether oxygens (including phenoxy) is 1. The van der Waals surface area contributed by atoms with Gasteiger partial charge in [0.2, 0.25) is 0 Å². The first-order chi connectivity index (χ1) is 9.56. The molecular formula is C15H22N4O. The van der Waals surface area contributed by atoms with Gasteiger partial charge in [-0.25, -0.2) is 4.98 Å². The van der Waals surface area contributed by atoms with E-state index in [9.17, 15) is 0 Å². The van der Waals surface area contributed by atoms with Crippen molar-refractivity contribution in [1.29, 1.82) is 0 Å². The molecule has 5 nitrogen and oxygen atoms in total. The van der Waals surface area contributed by atoms with Gasteiger partial charge >= 0.3 is 0 Å². The van der Waals surface area contributed by atoms with E-state index in [2.05, 4.69) is 17.2 Å². The lowest BCUT2D eigenvalue weighted by molar-refractivity contribution is 0.244. The number of nitrogen functional groups attached to an aromatic ring is 1. The van der Waals surface area contributed by atoms with E-state index in [4.69, 9.17) is 10.5 Å². The maximum atomic E-state index is 6.15. The lowest BCUT2D eigenvalue weighted by atomic mass is 10.2. The van der Waals surface area contributed by atoms with Crippen LogP contribution in [0, 0.1) is 0 Å². The molecule has 3 N–H and O–H groups in total. The number of aromatic nitrogens is 2. The molecule has 1 unspecified atom stereocenters. The Morgan fingerprint density at radius 2 is 2.15 bits per heavy atom. The van der Waals surface area contributed by atoms with Gasteiger partial charge in [-0.2, -0.15) is 0 Å². The predicted molar refractivity (Wildman–Crippen MR) is 81.9 cm³/mol. The van der Waals surface area contributed by atoms with Gasteiger partial charge in [0.05, 0.1) is 23.8 Å². The largest absolute Gasteiger partial charge is 0.489 e. The van der Waals surface area contributed by atoms with Crippen molar-refractivity contribution in [3.8, 4) is 5.75 Å². The number of rotatable bonds is 6. The number of benzene rings is 1. The minimum absolute atomic E-state index is 0.107. The summed E-state index contributed by atoms with van der Waals surface area (Å²) in [5, 5.41) is 3.41. The number of nitrogens with two attached hydrogens (primary N) is 1. The van der Waals surface area contributed by atoms with E-state index in [1.807, 2.05) is 42.8 Å². The molecular weight excluding hydrogens is 252 g/mol. The van der Waals surface area contributed by atoms with Crippen LogP contribution in [0.4, 0.5) is 11.4 Å². The second-order valence-electron chi connectivity index (χ2n) is 5.19. The monoisotopic (exact) mass is 274 g/mol. The number of imidazole rings is 1. The highest BCUT2D eigenvalue weighted by molar-refractivity contribution is 5.73. The van der Waals surface area contributed by atoms with Crippen LogP contribution in [0.25, 0.3) is 0 Å². The Bertz CT molecular complexity index is 537. The molecule has 1 aromatic carbocycles. The van der Waals surface area contributed by atoms with E-state index in [1.54, 1.807) is 12.5 Å². The minimum atomic E-state index is 0.107. The molecule has 0 radical (unpaired) electrons. The Labute approximate surface area is 119 Å². The SMILES string of the molecule is CC(Cn1ccnc1)Nc1cccc(OC(C)C)c1N. The van der Waals surface area contributed by atoms with Crippen LogP contribution in [0.2, 0.25) is 0 Å². The molecule has 1 aromatic heterocycles. The van der Waals surface area contributed by atoms with Gasteiger partial charge in [-0.3, -0.25) is 0 Å². The van der Waals surface area contributed by atoms with Gasteiger partial charge < -0.3 is 20.4 Å². The molecule has 0 aliphatic rings. The van der Waals surface area contributed by atoms with Gasteiger partial charge in [-0.1, -0.05) is 6.07 Å². The van der Waals surface area contributed by atoms with E-state index in [0.29, 0.717) is 5.69 Å². The smallest absolute Gasteiger partial charge is 0.144 e. The number of anilines is 2. The summed E-state index contributed by atoms with van der Waals surface area (Å²) in [4.78, 5) is 4.04. The summed E-state index contributed by atoms with van der Waals surface area (Å²) in [6.07, 6.45) is 5.63. The Kier molecular flexibility index (Phi) is 4.50. The van der Waals surface area contributed by atoms with Crippen LogP contribution in [0.15, 0.2) is 36.9 Å². The molecule has 0 bridgehead atoms. The Balaban J connectivity index is 2.05. The molecule has 1 heterocycles. The van der Waals surface area contributed by atoms with Gasteiger partial charge in [-0.15, -0.1) is 0 Å². The molecule has 0 spiro atoms. The summed E-state index contributed by atoms with van der Waals surface area (Å²) in [5.74, 6) is 0.722. The Morgan fingerprint density at radius 1 is 1.35 bits per heavy atom. The number of nitrogens with one attached hydrogen (secondary N) is 1. The first-order valence-corrected chi connectivity index (χ1v) is 6.83. The molecule has 2 rings (SSSR count). The molecule has 0 aliphatic heterocycles. The fourth-order valence-electron chi connectivity index (χ4n) is 2.05. The van der Waals surface area contributed by atoms with Crippen molar-refractivity contribution in [2.24, 2.45) is 0 Å². The zero-order valence-electron chi connectivity index (χ0n) is 12.2.